The lowest BCUT2D eigenvalue weighted by atomic mass is 9.95. The van der Waals surface area contributed by atoms with Crippen LogP contribution in [0.15, 0.2) is 42.5 Å². The Kier molecular flexibility index (Phi) is 6.45. The van der Waals surface area contributed by atoms with Crippen molar-refractivity contribution in [1.29, 1.82) is 0 Å². The number of rotatable bonds is 6. The monoisotopic (exact) mass is 367 g/mol. The molecule has 1 fully saturated rings. The average Bonchev–Trinajstić information content (AvgIpc) is 2.69. The molecule has 0 saturated carbocycles. The summed E-state index contributed by atoms with van der Waals surface area (Å²) in [5.74, 6) is 1.26. The molecule has 5 nitrogen and oxygen atoms in total. The third-order valence-electron chi connectivity index (χ3n) is 5.13. The number of piperidine rings is 1. The number of methoxy groups -OCH3 is 1. The topological polar surface area (TPSA) is 54.5 Å². The van der Waals surface area contributed by atoms with Gasteiger partial charge in [-0.3, -0.25) is 14.7 Å². The zero-order chi connectivity index (χ0) is 19.2. The number of aromatic nitrogens is 1. The zero-order valence-electron chi connectivity index (χ0n) is 16.4. The molecule has 0 atom stereocenters. The molecular formula is C22H29N3O2. The molecular weight excluding hydrogens is 338 g/mol. The Morgan fingerprint density at radius 1 is 1.19 bits per heavy atom. The van der Waals surface area contributed by atoms with Gasteiger partial charge in [0.1, 0.15) is 5.75 Å². The molecule has 27 heavy (non-hydrogen) atoms. The minimum atomic E-state index is 0.0427. The first-order valence-electron chi connectivity index (χ1n) is 9.69. The molecule has 5 heteroatoms. The number of carbonyl (C=O) groups is 1. The maximum Gasteiger partial charge on any atom is 0.227 e. The number of nitrogens with one attached hydrogen (secondary N) is 1. The van der Waals surface area contributed by atoms with Crippen LogP contribution in [0.1, 0.15) is 44.0 Å². The Bertz CT molecular complexity index is 768. The van der Waals surface area contributed by atoms with Crippen molar-refractivity contribution in [2.45, 2.75) is 39.2 Å². The lowest BCUT2D eigenvalue weighted by molar-refractivity contribution is -0.121. The third-order valence-corrected chi connectivity index (χ3v) is 5.13. The van der Waals surface area contributed by atoms with Crippen molar-refractivity contribution in [2.75, 3.05) is 25.5 Å². The first-order chi connectivity index (χ1) is 13.1. The second-order valence-electron chi connectivity index (χ2n) is 7.45. The van der Waals surface area contributed by atoms with Crippen LogP contribution in [0, 0.1) is 5.92 Å². The molecule has 1 aliphatic rings. The Labute approximate surface area is 161 Å². The van der Waals surface area contributed by atoms with Gasteiger partial charge < -0.3 is 10.1 Å². The highest BCUT2D eigenvalue weighted by molar-refractivity contribution is 5.94. The standard InChI is InChI=1S/C22H29N3O2/c1-16(2)19-9-6-7-18(23-19)15-25-13-11-17(12-14-25)22(26)24-20-8-4-5-10-21(20)27-3/h4-10,16-17H,11-15H2,1-3H3,(H,24,26). The van der Waals surface area contributed by atoms with Crippen LogP contribution in [-0.2, 0) is 11.3 Å². The van der Waals surface area contributed by atoms with E-state index in [1.807, 2.05) is 24.3 Å². The largest absolute Gasteiger partial charge is 0.495 e. The van der Waals surface area contributed by atoms with Crippen molar-refractivity contribution in [1.82, 2.24) is 9.88 Å². The van der Waals surface area contributed by atoms with Crippen LogP contribution in [0.4, 0.5) is 5.69 Å². The summed E-state index contributed by atoms with van der Waals surface area (Å²) < 4.78 is 5.31. The molecule has 1 aromatic heterocycles. The van der Waals surface area contributed by atoms with E-state index in [0.29, 0.717) is 11.7 Å². The van der Waals surface area contributed by atoms with Gasteiger partial charge in [0, 0.05) is 18.2 Å². The van der Waals surface area contributed by atoms with E-state index in [4.69, 9.17) is 9.72 Å². The van der Waals surface area contributed by atoms with E-state index in [1.165, 1.54) is 0 Å². The Morgan fingerprint density at radius 3 is 2.63 bits per heavy atom. The number of pyridine rings is 1. The smallest absolute Gasteiger partial charge is 0.227 e. The van der Waals surface area contributed by atoms with Gasteiger partial charge in [-0.2, -0.15) is 0 Å². The van der Waals surface area contributed by atoms with Crippen LogP contribution in [0.2, 0.25) is 0 Å². The third kappa shape index (κ3) is 5.07. The minimum Gasteiger partial charge on any atom is -0.495 e. The fourth-order valence-corrected chi connectivity index (χ4v) is 3.47. The summed E-state index contributed by atoms with van der Waals surface area (Å²) in [5.41, 5.74) is 2.99. The van der Waals surface area contributed by atoms with Gasteiger partial charge in [0.2, 0.25) is 5.91 Å². The van der Waals surface area contributed by atoms with Crippen molar-refractivity contribution in [2.24, 2.45) is 5.92 Å². The molecule has 0 bridgehead atoms. The van der Waals surface area contributed by atoms with Crippen molar-refractivity contribution in [3.05, 3.63) is 53.9 Å². The molecule has 0 aliphatic carbocycles. The average molecular weight is 367 g/mol. The number of benzene rings is 1. The Morgan fingerprint density at radius 2 is 1.93 bits per heavy atom. The maximum atomic E-state index is 12.6. The van der Waals surface area contributed by atoms with E-state index in [1.54, 1.807) is 7.11 Å². The van der Waals surface area contributed by atoms with Gasteiger partial charge in [-0.1, -0.05) is 32.0 Å². The summed E-state index contributed by atoms with van der Waals surface area (Å²) in [6, 6.07) is 13.8. The number of carbonyl (C=O) groups excluding carboxylic acids is 1. The van der Waals surface area contributed by atoms with E-state index >= 15 is 0 Å². The molecule has 1 aromatic carbocycles. The summed E-state index contributed by atoms with van der Waals surface area (Å²) in [6.07, 6.45) is 1.73. The van der Waals surface area contributed by atoms with Crippen molar-refractivity contribution in [3.8, 4) is 5.75 Å². The number of hydrogen-bond donors (Lipinski definition) is 1. The Balaban J connectivity index is 1.52. The molecule has 2 aromatic rings. The molecule has 1 saturated heterocycles. The summed E-state index contributed by atoms with van der Waals surface area (Å²) in [6.45, 7) is 7.01. The second kappa shape index (κ2) is 9.00. The highest BCUT2D eigenvalue weighted by Crippen LogP contribution is 2.26. The molecule has 1 aliphatic heterocycles. The van der Waals surface area contributed by atoms with Gasteiger partial charge in [-0.25, -0.2) is 0 Å². The van der Waals surface area contributed by atoms with Gasteiger partial charge in [0.15, 0.2) is 0 Å². The minimum absolute atomic E-state index is 0.0427. The fraction of sp³-hybridized carbons (Fsp3) is 0.455. The molecule has 3 rings (SSSR count). The van der Waals surface area contributed by atoms with Crippen molar-refractivity contribution >= 4 is 11.6 Å². The first-order valence-corrected chi connectivity index (χ1v) is 9.69. The predicted octanol–water partition coefficient (Wildman–Crippen LogP) is 4.06. The van der Waals surface area contributed by atoms with E-state index < -0.39 is 0 Å². The summed E-state index contributed by atoms with van der Waals surface area (Å²) >= 11 is 0. The SMILES string of the molecule is COc1ccccc1NC(=O)C1CCN(Cc2cccc(C(C)C)n2)CC1. The molecule has 144 valence electrons. The van der Waals surface area contributed by atoms with Gasteiger partial charge >= 0.3 is 0 Å². The molecule has 0 radical (unpaired) electrons. The number of amides is 1. The predicted molar refractivity (Wildman–Crippen MR) is 108 cm³/mol. The zero-order valence-corrected chi connectivity index (χ0v) is 16.4. The second-order valence-corrected chi connectivity index (χ2v) is 7.45. The van der Waals surface area contributed by atoms with Gasteiger partial charge in [0.05, 0.1) is 18.5 Å². The van der Waals surface area contributed by atoms with Crippen LogP contribution >= 0.6 is 0 Å². The Hall–Kier alpha value is -2.40. The van der Waals surface area contributed by atoms with Gasteiger partial charge in [-0.15, -0.1) is 0 Å². The summed E-state index contributed by atoms with van der Waals surface area (Å²) in [7, 11) is 1.62. The highest BCUT2D eigenvalue weighted by atomic mass is 16.5. The van der Waals surface area contributed by atoms with Crippen LogP contribution in [-0.4, -0.2) is 36.0 Å². The summed E-state index contributed by atoms with van der Waals surface area (Å²) in [4.78, 5) is 19.8. The summed E-state index contributed by atoms with van der Waals surface area (Å²) in [5, 5.41) is 3.02. The number of hydrogen-bond acceptors (Lipinski definition) is 4. The van der Waals surface area contributed by atoms with Crippen LogP contribution in [0.5, 0.6) is 5.75 Å². The molecule has 0 spiro atoms. The lowest BCUT2D eigenvalue weighted by Crippen LogP contribution is -2.38. The van der Waals surface area contributed by atoms with Crippen LogP contribution in [0.3, 0.4) is 0 Å². The lowest BCUT2D eigenvalue weighted by Gasteiger charge is -2.31. The number of ether oxygens (including phenoxy) is 1. The van der Waals surface area contributed by atoms with E-state index in [9.17, 15) is 4.79 Å². The fourth-order valence-electron chi connectivity index (χ4n) is 3.47. The highest BCUT2D eigenvalue weighted by Gasteiger charge is 2.25. The van der Waals surface area contributed by atoms with Crippen LogP contribution < -0.4 is 10.1 Å². The molecule has 2 heterocycles. The van der Waals surface area contributed by atoms with Gasteiger partial charge in [-0.05, 0) is 56.1 Å². The van der Waals surface area contributed by atoms with Crippen molar-refractivity contribution in [3.63, 3.8) is 0 Å². The molecule has 1 N–H and O–H groups in total. The van der Waals surface area contributed by atoms with E-state index in [-0.39, 0.29) is 11.8 Å². The number of para-hydroxylation sites is 2. The van der Waals surface area contributed by atoms with Gasteiger partial charge in [0.25, 0.3) is 0 Å². The molecule has 0 unspecified atom stereocenters. The normalized spacial score (nSPS) is 15.7. The van der Waals surface area contributed by atoms with E-state index in [2.05, 4.69) is 42.3 Å². The van der Waals surface area contributed by atoms with E-state index in [0.717, 1.165) is 49.6 Å². The quantitative estimate of drug-likeness (QED) is 0.836. The number of nitrogens with zero attached hydrogens (tertiary/aromatic N) is 2. The molecule has 1 amide bonds. The maximum absolute atomic E-state index is 12.6. The first kappa shape index (κ1) is 19.4. The number of anilines is 1. The van der Waals surface area contributed by atoms with Crippen LogP contribution in [0.25, 0.3) is 0 Å². The van der Waals surface area contributed by atoms with Crippen molar-refractivity contribution < 1.29 is 9.53 Å². The number of likely N-dealkylation sites (tertiary alicyclic amines) is 1.